The minimum atomic E-state index is -3.63. The number of benzene rings is 1. The molecule has 0 amide bonds. The second-order valence-electron chi connectivity index (χ2n) is 11.2. The van der Waals surface area contributed by atoms with Gasteiger partial charge in [0.15, 0.2) is 8.32 Å². The minimum Gasteiger partial charge on any atom is -0.415 e. The molecule has 0 spiro atoms. The number of hydrogen-bond donors (Lipinski definition) is 0. The lowest BCUT2D eigenvalue weighted by molar-refractivity contribution is 0.281. The maximum absolute atomic E-state index is 13.6. The van der Waals surface area contributed by atoms with E-state index in [-0.39, 0.29) is 17.1 Å². The van der Waals surface area contributed by atoms with Crippen molar-refractivity contribution >= 4 is 26.4 Å². The van der Waals surface area contributed by atoms with Crippen LogP contribution in [0.15, 0.2) is 17.0 Å². The molecule has 1 aliphatic rings. The Balaban J connectivity index is 2.40. The van der Waals surface area contributed by atoms with Crippen molar-refractivity contribution in [2.75, 3.05) is 6.61 Å². The fraction of sp³-hybridized carbons (Fsp3) is 0.652. The predicted octanol–water partition coefficient (Wildman–Crippen LogP) is 5.26. The fourth-order valence-electron chi connectivity index (χ4n) is 3.39. The van der Waals surface area contributed by atoms with Crippen LogP contribution >= 0.6 is 0 Å². The van der Waals surface area contributed by atoms with Gasteiger partial charge in [-0.3, -0.25) is 0 Å². The van der Waals surface area contributed by atoms with Crippen LogP contribution in [0.25, 0.3) is 0 Å². The number of rotatable bonds is 5. The van der Waals surface area contributed by atoms with Gasteiger partial charge in [0.2, 0.25) is 10.0 Å². The SMILES string of the molecule is Cc1cc(C)c(S(=O)(=O)N2[C@H](C#C[Si](C)(C)C)[C@@H]2CO[Si](C)(C)C(C)(C)C)c(C)c1. The molecule has 1 fully saturated rings. The molecule has 1 aliphatic heterocycles. The number of hydrogen-bond acceptors (Lipinski definition) is 3. The largest absolute Gasteiger partial charge is 0.415 e. The molecular formula is C23H39NO3SSi2. The summed E-state index contributed by atoms with van der Waals surface area (Å²) in [7, 11) is -7.22. The van der Waals surface area contributed by atoms with Crippen molar-refractivity contribution in [2.45, 2.75) is 96.3 Å². The summed E-state index contributed by atoms with van der Waals surface area (Å²) >= 11 is 0. The lowest BCUT2D eigenvalue weighted by Gasteiger charge is -2.36. The molecule has 1 heterocycles. The summed E-state index contributed by atoms with van der Waals surface area (Å²) < 4.78 is 35.3. The zero-order valence-electron chi connectivity index (χ0n) is 20.6. The molecule has 2 rings (SSSR count). The standard InChI is InChI=1S/C23H39NO3SSi2/c1-17-14-18(2)22(19(3)15-17)28(25,26)24-20(12-13-29(7,8)9)21(24)16-27-30(10,11)23(4,5)6/h14-15,20-21H,16H2,1-11H3/t20-,21+,24?/m1/s1. The monoisotopic (exact) mass is 465 g/mol. The highest BCUT2D eigenvalue weighted by Crippen LogP contribution is 2.41. The first-order valence-corrected chi connectivity index (χ1v) is 18.5. The number of aryl methyl sites for hydroxylation is 3. The molecule has 0 aromatic heterocycles. The highest BCUT2D eigenvalue weighted by Gasteiger charge is 2.56. The van der Waals surface area contributed by atoms with Gasteiger partial charge in [-0.1, -0.05) is 64.0 Å². The maximum atomic E-state index is 13.6. The van der Waals surface area contributed by atoms with E-state index in [9.17, 15) is 8.42 Å². The van der Waals surface area contributed by atoms with E-state index in [1.165, 1.54) is 0 Å². The summed E-state index contributed by atoms with van der Waals surface area (Å²) in [5.74, 6) is 3.29. The Kier molecular flexibility index (Phi) is 6.94. The van der Waals surface area contributed by atoms with Gasteiger partial charge in [0, 0.05) is 0 Å². The third-order valence-electron chi connectivity index (χ3n) is 6.03. The second kappa shape index (κ2) is 8.21. The van der Waals surface area contributed by atoms with E-state index < -0.39 is 26.4 Å². The van der Waals surface area contributed by atoms with Gasteiger partial charge >= 0.3 is 0 Å². The molecule has 1 unspecified atom stereocenters. The van der Waals surface area contributed by atoms with Crippen LogP contribution in [0, 0.1) is 32.2 Å². The molecule has 0 bridgehead atoms. The van der Waals surface area contributed by atoms with Crippen LogP contribution in [0.5, 0.6) is 0 Å². The molecule has 4 nitrogen and oxygen atoms in total. The van der Waals surface area contributed by atoms with Crippen molar-refractivity contribution in [3.63, 3.8) is 0 Å². The predicted molar refractivity (Wildman–Crippen MR) is 132 cm³/mol. The minimum absolute atomic E-state index is 0.0786. The average Bonchev–Trinajstić information content (AvgIpc) is 3.22. The molecular weight excluding hydrogens is 426 g/mol. The number of nitrogens with zero attached hydrogens (tertiary/aromatic N) is 1. The van der Waals surface area contributed by atoms with Gasteiger partial charge in [-0.2, -0.15) is 4.31 Å². The van der Waals surface area contributed by atoms with E-state index >= 15 is 0 Å². The van der Waals surface area contributed by atoms with Crippen LogP contribution in [-0.4, -0.2) is 47.8 Å². The summed E-state index contributed by atoms with van der Waals surface area (Å²) in [6.45, 7) is 23.7. The Morgan fingerprint density at radius 1 is 1.03 bits per heavy atom. The zero-order chi connectivity index (χ0) is 23.3. The topological polar surface area (TPSA) is 46.4 Å². The van der Waals surface area contributed by atoms with Gasteiger partial charge in [0.25, 0.3) is 0 Å². The first-order valence-electron chi connectivity index (χ1n) is 10.7. The third kappa shape index (κ3) is 5.46. The first-order chi connectivity index (χ1) is 13.4. The van der Waals surface area contributed by atoms with Crippen molar-refractivity contribution < 1.29 is 12.8 Å². The van der Waals surface area contributed by atoms with E-state index in [0.717, 1.165) is 16.7 Å². The van der Waals surface area contributed by atoms with Gasteiger partial charge < -0.3 is 4.43 Å². The van der Waals surface area contributed by atoms with Crippen molar-refractivity contribution in [1.82, 2.24) is 4.31 Å². The molecule has 1 aromatic carbocycles. The Bertz CT molecular complexity index is 953. The lowest BCUT2D eigenvalue weighted by atomic mass is 10.1. The van der Waals surface area contributed by atoms with E-state index in [2.05, 4.69) is 65.0 Å². The Hall–Kier alpha value is -0.916. The van der Waals surface area contributed by atoms with E-state index in [1.807, 2.05) is 32.9 Å². The normalized spacial score (nSPS) is 22.4. The van der Waals surface area contributed by atoms with Crippen LogP contribution in [0.1, 0.15) is 37.5 Å². The molecule has 0 radical (unpaired) electrons. The third-order valence-corrected chi connectivity index (χ3v) is 13.6. The molecule has 3 atom stereocenters. The van der Waals surface area contributed by atoms with Gasteiger partial charge in [0.05, 0.1) is 17.5 Å². The summed E-state index contributed by atoms with van der Waals surface area (Å²) in [5, 5.41) is 0.0786. The van der Waals surface area contributed by atoms with Crippen molar-refractivity contribution in [3.05, 3.63) is 28.8 Å². The lowest BCUT2D eigenvalue weighted by Crippen LogP contribution is -2.42. The van der Waals surface area contributed by atoms with Crippen molar-refractivity contribution in [2.24, 2.45) is 0 Å². The molecule has 0 N–H and O–H groups in total. The number of sulfonamides is 1. The maximum Gasteiger partial charge on any atom is 0.245 e. The molecule has 0 saturated carbocycles. The Morgan fingerprint density at radius 3 is 1.97 bits per heavy atom. The summed E-state index contributed by atoms with van der Waals surface area (Å²) in [4.78, 5) is 0.419. The molecule has 1 saturated heterocycles. The van der Waals surface area contributed by atoms with Crippen LogP contribution in [0.4, 0.5) is 0 Å². The fourth-order valence-corrected chi connectivity index (χ4v) is 7.10. The summed E-state index contributed by atoms with van der Waals surface area (Å²) in [6, 6.07) is 3.36. The molecule has 1 aromatic rings. The molecule has 7 heteroatoms. The first kappa shape index (κ1) is 25.3. The smallest absolute Gasteiger partial charge is 0.245 e. The highest BCUT2D eigenvalue weighted by molar-refractivity contribution is 7.89. The molecule has 30 heavy (non-hydrogen) atoms. The summed E-state index contributed by atoms with van der Waals surface area (Å²) in [6.07, 6.45) is 0. The Labute approximate surface area is 186 Å². The molecule has 0 aliphatic carbocycles. The average molecular weight is 466 g/mol. The quantitative estimate of drug-likeness (QED) is 0.339. The second-order valence-corrected chi connectivity index (χ2v) is 22.5. The molecule has 168 valence electrons. The zero-order valence-corrected chi connectivity index (χ0v) is 23.4. The van der Waals surface area contributed by atoms with Crippen molar-refractivity contribution in [3.8, 4) is 11.5 Å². The van der Waals surface area contributed by atoms with Crippen LogP contribution in [-0.2, 0) is 14.4 Å². The van der Waals surface area contributed by atoms with E-state index in [0.29, 0.717) is 11.5 Å². The van der Waals surface area contributed by atoms with Crippen LogP contribution < -0.4 is 0 Å². The van der Waals surface area contributed by atoms with Crippen LogP contribution in [0.3, 0.4) is 0 Å². The van der Waals surface area contributed by atoms with Gasteiger partial charge in [-0.05, 0) is 50.0 Å². The van der Waals surface area contributed by atoms with E-state index in [4.69, 9.17) is 4.43 Å². The van der Waals surface area contributed by atoms with Crippen LogP contribution in [0.2, 0.25) is 37.8 Å². The van der Waals surface area contributed by atoms with Crippen molar-refractivity contribution in [1.29, 1.82) is 0 Å². The van der Waals surface area contributed by atoms with E-state index in [1.54, 1.807) is 4.31 Å². The van der Waals surface area contributed by atoms with Gasteiger partial charge in [0.1, 0.15) is 14.1 Å². The summed E-state index contributed by atoms with van der Waals surface area (Å²) in [5.41, 5.74) is 6.03. The highest BCUT2D eigenvalue weighted by atomic mass is 32.2. The van der Waals surface area contributed by atoms with Gasteiger partial charge in [-0.15, -0.1) is 5.54 Å². The Morgan fingerprint density at radius 2 is 1.53 bits per heavy atom. The van der Waals surface area contributed by atoms with Gasteiger partial charge in [-0.25, -0.2) is 8.42 Å².